The van der Waals surface area contributed by atoms with Gasteiger partial charge in [0.15, 0.2) is 0 Å². The van der Waals surface area contributed by atoms with E-state index in [1.54, 1.807) is 18.2 Å². The number of furan rings is 1. The lowest BCUT2D eigenvalue weighted by molar-refractivity contribution is -0.123. The molecule has 33 heavy (non-hydrogen) atoms. The van der Waals surface area contributed by atoms with Crippen LogP contribution in [0.25, 0.3) is 11.8 Å². The summed E-state index contributed by atoms with van der Waals surface area (Å²) < 4.78 is 11.9. The first-order chi connectivity index (χ1) is 15.7. The van der Waals surface area contributed by atoms with Gasteiger partial charge in [0.2, 0.25) is 5.76 Å². The predicted molar refractivity (Wildman–Crippen MR) is 122 cm³/mol. The first kappa shape index (κ1) is 22.7. The number of hydrogen-bond acceptors (Lipinski definition) is 5. The molecule has 3 aromatic rings. The van der Waals surface area contributed by atoms with Gasteiger partial charge in [-0.15, -0.1) is 0 Å². The van der Waals surface area contributed by atoms with E-state index in [0.717, 1.165) is 21.9 Å². The summed E-state index contributed by atoms with van der Waals surface area (Å²) in [5.74, 6) is -0.896. The number of amides is 3. The van der Waals surface area contributed by atoms with E-state index in [9.17, 15) is 14.4 Å². The van der Waals surface area contributed by atoms with Gasteiger partial charge in [0, 0.05) is 11.4 Å². The molecule has 0 saturated carbocycles. The molecular weight excluding hydrogens is 469 g/mol. The lowest BCUT2D eigenvalue weighted by Gasteiger charge is -2.12. The van der Waals surface area contributed by atoms with Crippen molar-refractivity contribution in [1.29, 1.82) is 0 Å². The van der Waals surface area contributed by atoms with Gasteiger partial charge in [-0.1, -0.05) is 29.3 Å². The Morgan fingerprint density at radius 3 is 2.67 bits per heavy atom. The Hall–Kier alpha value is -3.49. The van der Waals surface area contributed by atoms with Crippen LogP contribution in [0.4, 0.5) is 4.79 Å². The van der Waals surface area contributed by atoms with Crippen molar-refractivity contribution in [2.75, 3.05) is 7.11 Å². The molecule has 0 unspecified atom stereocenters. The van der Waals surface area contributed by atoms with Crippen molar-refractivity contribution >= 4 is 47.2 Å². The predicted octanol–water partition coefficient (Wildman–Crippen LogP) is 4.87. The maximum absolute atomic E-state index is 12.9. The van der Waals surface area contributed by atoms with E-state index in [1.807, 2.05) is 30.5 Å². The molecule has 0 spiro atoms. The third kappa shape index (κ3) is 4.15. The Balaban J connectivity index is 1.61. The summed E-state index contributed by atoms with van der Waals surface area (Å²) in [6.07, 6.45) is 1.61. The largest absolute Gasteiger partial charge is 0.463 e. The molecule has 8 nitrogen and oxygen atoms in total. The zero-order valence-electron chi connectivity index (χ0n) is 17.9. The van der Waals surface area contributed by atoms with Gasteiger partial charge in [0.05, 0.1) is 29.4 Å². The smallest absolute Gasteiger partial charge is 0.373 e. The molecule has 3 heterocycles. The number of carbonyl (C=O) groups excluding carboxylic acids is 3. The zero-order valence-corrected chi connectivity index (χ0v) is 19.5. The third-order valence-electron chi connectivity index (χ3n) is 5.27. The van der Waals surface area contributed by atoms with Crippen LogP contribution in [-0.4, -0.2) is 34.5 Å². The van der Waals surface area contributed by atoms with Crippen LogP contribution in [0.2, 0.25) is 10.0 Å². The number of halogens is 2. The molecule has 1 saturated heterocycles. The molecule has 2 aromatic heterocycles. The lowest BCUT2D eigenvalue weighted by Crippen LogP contribution is -2.30. The highest BCUT2D eigenvalue weighted by atomic mass is 35.5. The van der Waals surface area contributed by atoms with Gasteiger partial charge in [-0.05, 0) is 55.8 Å². The van der Waals surface area contributed by atoms with Crippen LogP contribution in [-0.2, 0) is 16.1 Å². The first-order valence-electron chi connectivity index (χ1n) is 9.86. The number of imide groups is 1. The molecule has 1 N–H and O–H groups in total. The van der Waals surface area contributed by atoms with E-state index in [0.29, 0.717) is 15.7 Å². The average molecular weight is 488 g/mol. The maximum atomic E-state index is 12.9. The fraction of sp³-hybridized carbons (Fsp3) is 0.174. The zero-order chi connectivity index (χ0) is 23.9. The van der Waals surface area contributed by atoms with Crippen LogP contribution in [0.3, 0.4) is 0 Å². The van der Waals surface area contributed by atoms with Crippen LogP contribution < -0.4 is 5.32 Å². The minimum Gasteiger partial charge on any atom is -0.463 e. The summed E-state index contributed by atoms with van der Waals surface area (Å²) in [5, 5.41) is 3.44. The Labute approximate surface area is 199 Å². The van der Waals surface area contributed by atoms with E-state index in [2.05, 4.69) is 10.1 Å². The molecule has 10 heteroatoms. The Bertz CT molecular complexity index is 1320. The fourth-order valence-corrected chi connectivity index (χ4v) is 4.05. The summed E-state index contributed by atoms with van der Waals surface area (Å²) >= 11 is 12.6. The Morgan fingerprint density at radius 1 is 1.18 bits per heavy atom. The van der Waals surface area contributed by atoms with Crippen LogP contribution in [0, 0.1) is 13.8 Å². The molecule has 0 bridgehead atoms. The molecule has 170 valence electrons. The van der Waals surface area contributed by atoms with E-state index in [-0.39, 0.29) is 23.8 Å². The van der Waals surface area contributed by atoms with E-state index in [4.69, 9.17) is 27.6 Å². The minimum absolute atomic E-state index is 0.0116. The van der Waals surface area contributed by atoms with Crippen LogP contribution >= 0.6 is 23.2 Å². The van der Waals surface area contributed by atoms with Gasteiger partial charge < -0.3 is 19.0 Å². The minimum atomic E-state index is -0.644. The van der Waals surface area contributed by atoms with Crippen molar-refractivity contribution in [2.45, 2.75) is 20.4 Å². The molecule has 1 aromatic carbocycles. The lowest BCUT2D eigenvalue weighted by atomic mass is 10.2. The molecule has 1 fully saturated rings. The highest BCUT2D eigenvalue weighted by Crippen LogP contribution is 2.32. The molecule has 1 aliphatic heterocycles. The number of aromatic nitrogens is 1. The van der Waals surface area contributed by atoms with Crippen LogP contribution in [0.5, 0.6) is 0 Å². The number of ether oxygens (including phenoxy) is 1. The summed E-state index contributed by atoms with van der Waals surface area (Å²) in [6, 6.07) is 9.59. The number of benzene rings is 1. The number of urea groups is 1. The standard InChI is InChI=1S/C23H19Cl2N3O5/c1-12-9-14(13(2)28(12)18-6-4-5-16(24)20(18)25)10-17-21(29)27(23(31)26-17)11-15-7-8-19(33-15)22(30)32-3/h4-10H,11H2,1-3H3,(H,26,31). The molecule has 3 amide bonds. The van der Waals surface area contributed by atoms with Crippen molar-refractivity contribution < 1.29 is 23.5 Å². The van der Waals surface area contributed by atoms with E-state index >= 15 is 0 Å². The van der Waals surface area contributed by atoms with Crippen molar-refractivity contribution in [1.82, 2.24) is 14.8 Å². The summed E-state index contributed by atoms with van der Waals surface area (Å²) in [4.78, 5) is 37.9. The topological polar surface area (TPSA) is 93.8 Å². The summed E-state index contributed by atoms with van der Waals surface area (Å²) in [5.41, 5.74) is 3.27. The monoisotopic (exact) mass is 487 g/mol. The first-order valence-corrected chi connectivity index (χ1v) is 10.6. The summed E-state index contributed by atoms with van der Waals surface area (Å²) in [7, 11) is 1.23. The second-order valence-electron chi connectivity index (χ2n) is 7.37. The number of hydrogen-bond donors (Lipinski definition) is 1. The normalized spacial score (nSPS) is 14.8. The van der Waals surface area contributed by atoms with Gasteiger partial charge in [-0.2, -0.15) is 0 Å². The van der Waals surface area contributed by atoms with E-state index < -0.39 is 17.9 Å². The molecule has 4 rings (SSSR count). The Morgan fingerprint density at radius 2 is 1.94 bits per heavy atom. The average Bonchev–Trinajstić information content (AvgIpc) is 3.44. The summed E-state index contributed by atoms with van der Waals surface area (Å²) in [6.45, 7) is 3.66. The Kier molecular flexibility index (Phi) is 6.05. The SMILES string of the molecule is COC(=O)c1ccc(CN2C(=O)NC(=Cc3cc(C)n(-c4cccc(Cl)c4Cl)c3C)C2=O)o1. The fourth-order valence-electron chi connectivity index (χ4n) is 3.67. The van der Waals surface area contributed by atoms with Gasteiger partial charge in [0.25, 0.3) is 5.91 Å². The van der Waals surface area contributed by atoms with Crippen LogP contribution in [0.15, 0.2) is 46.5 Å². The van der Waals surface area contributed by atoms with Crippen molar-refractivity contribution in [2.24, 2.45) is 0 Å². The highest BCUT2D eigenvalue weighted by molar-refractivity contribution is 6.43. The molecule has 0 aliphatic carbocycles. The van der Waals surface area contributed by atoms with Crippen molar-refractivity contribution in [3.05, 3.63) is 80.6 Å². The van der Waals surface area contributed by atoms with Gasteiger partial charge >= 0.3 is 12.0 Å². The van der Waals surface area contributed by atoms with Crippen LogP contribution in [0.1, 0.15) is 33.3 Å². The molecular formula is C23H19Cl2N3O5. The second kappa shape index (κ2) is 8.80. The van der Waals surface area contributed by atoms with E-state index in [1.165, 1.54) is 19.2 Å². The molecule has 1 aliphatic rings. The number of rotatable bonds is 5. The quantitative estimate of drug-likeness (QED) is 0.314. The molecule has 0 radical (unpaired) electrons. The number of aryl methyl sites for hydroxylation is 1. The number of nitrogens with zero attached hydrogens (tertiary/aromatic N) is 2. The van der Waals surface area contributed by atoms with Gasteiger partial charge in [-0.3, -0.25) is 9.69 Å². The van der Waals surface area contributed by atoms with Crippen molar-refractivity contribution in [3.8, 4) is 5.69 Å². The molecule has 0 atom stereocenters. The number of esters is 1. The number of nitrogens with one attached hydrogen (secondary N) is 1. The number of carbonyl (C=O) groups is 3. The number of methoxy groups -OCH3 is 1. The third-order valence-corrected chi connectivity index (χ3v) is 6.08. The second-order valence-corrected chi connectivity index (χ2v) is 8.16. The highest BCUT2D eigenvalue weighted by Gasteiger charge is 2.34. The maximum Gasteiger partial charge on any atom is 0.373 e. The van der Waals surface area contributed by atoms with Gasteiger partial charge in [0.1, 0.15) is 11.5 Å². The van der Waals surface area contributed by atoms with Crippen molar-refractivity contribution in [3.63, 3.8) is 0 Å². The van der Waals surface area contributed by atoms with Gasteiger partial charge in [-0.25, -0.2) is 9.59 Å².